The average molecular weight is 240 g/mol. The fraction of sp³-hybridized carbons (Fsp3) is 0.923. The summed E-state index contributed by atoms with van der Waals surface area (Å²) in [5, 5.41) is 0. The maximum atomic E-state index is 12.2. The number of nitrogens with zero attached hydrogens (tertiary/aromatic N) is 1. The molecule has 2 bridgehead atoms. The van der Waals surface area contributed by atoms with Gasteiger partial charge >= 0.3 is 6.09 Å². The molecule has 4 heteroatoms. The number of fused-ring (bicyclic) bond motifs is 2. The quantitative estimate of drug-likeness (QED) is 0.706. The van der Waals surface area contributed by atoms with Gasteiger partial charge in [0.05, 0.1) is 0 Å². The van der Waals surface area contributed by atoms with Gasteiger partial charge in [0.25, 0.3) is 0 Å². The van der Waals surface area contributed by atoms with E-state index >= 15 is 0 Å². The molecule has 0 aromatic rings. The van der Waals surface area contributed by atoms with Crippen molar-refractivity contribution in [2.24, 2.45) is 5.73 Å². The van der Waals surface area contributed by atoms with E-state index in [2.05, 4.69) is 0 Å². The Kier molecular flexibility index (Phi) is 3.34. The number of hydrogen-bond acceptors (Lipinski definition) is 3. The fourth-order valence-corrected chi connectivity index (χ4v) is 2.96. The number of carbonyl (C=O) groups is 1. The summed E-state index contributed by atoms with van der Waals surface area (Å²) in [5.74, 6) is 0. The Morgan fingerprint density at radius 2 is 1.76 bits per heavy atom. The summed E-state index contributed by atoms with van der Waals surface area (Å²) < 4.78 is 5.49. The van der Waals surface area contributed by atoms with E-state index < -0.39 is 5.60 Å². The van der Waals surface area contributed by atoms with E-state index in [-0.39, 0.29) is 12.1 Å². The van der Waals surface area contributed by atoms with Gasteiger partial charge in [-0.2, -0.15) is 0 Å². The number of carbonyl (C=O) groups excluding carboxylic acids is 1. The van der Waals surface area contributed by atoms with Crippen molar-refractivity contribution in [3.63, 3.8) is 0 Å². The molecule has 0 aromatic heterocycles. The highest BCUT2D eigenvalue weighted by Crippen LogP contribution is 2.34. The Bertz CT molecular complexity index is 298. The van der Waals surface area contributed by atoms with Crippen LogP contribution in [0.15, 0.2) is 0 Å². The lowest BCUT2D eigenvalue weighted by molar-refractivity contribution is 0.0151. The molecule has 2 rings (SSSR count). The number of nitrogens with two attached hydrogens (primary N) is 1. The Balaban J connectivity index is 2.07. The molecular weight excluding hydrogens is 216 g/mol. The second-order valence-corrected chi connectivity index (χ2v) is 6.35. The lowest BCUT2D eigenvalue weighted by Gasteiger charge is -2.31. The van der Waals surface area contributed by atoms with Gasteiger partial charge in [0.2, 0.25) is 0 Å². The highest BCUT2D eigenvalue weighted by Gasteiger charge is 2.41. The van der Waals surface area contributed by atoms with Crippen LogP contribution in [0.3, 0.4) is 0 Å². The zero-order chi connectivity index (χ0) is 12.6. The summed E-state index contributed by atoms with van der Waals surface area (Å²) in [5.41, 5.74) is 5.62. The van der Waals surface area contributed by atoms with Crippen LogP contribution in [0.5, 0.6) is 0 Å². The summed E-state index contributed by atoms with van der Waals surface area (Å²) in [6, 6.07) is 0.894. The molecule has 2 aliphatic rings. The minimum absolute atomic E-state index is 0.154. The molecule has 1 amide bonds. The first-order valence-electron chi connectivity index (χ1n) is 6.64. The molecule has 3 unspecified atom stereocenters. The minimum Gasteiger partial charge on any atom is -0.444 e. The van der Waals surface area contributed by atoms with Crippen molar-refractivity contribution in [1.29, 1.82) is 0 Å². The van der Waals surface area contributed by atoms with Crippen molar-refractivity contribution in [1.82, 2.24) is 4.90 Å². The Morgan fingerprint density at radius 1 is 1.18 bits per heavy atom. The molecule has 98 valence electrons. The van der Waals surface area contributed by atoms with Crippen molar-refractivity contribution in [3.05, 3.63) is 0 Å². The Morgan fingerprint density at radius 3 is 2.41 bits per heavy atom. The molecule has 17 heavy (non-hydrogen) atoms. The molecule has 4 nitrogen and oxygen atoms in total. The molecule has 2 fully saturated rings. The van der Waals surface area contributed by atoms with Crippen LogP contribution in [-0.2, 0) is 4.74 Å². The van der Waals surface area contributed by atoms with E-state index in [0.717, 1.165) is 32.1 Å². The average Bonchev–Trinajstić information content (AvgIpc) is 2.45. The van der Waals surface area contributed by atoms with Crippen LogP contribution in [0.4, 0.5) is 4.79 Å². The topological polar surface area (TPSA) is 55.6 Å². The van der Waals surface area contributed by atoms with Crippen LogP contribution in [-0.4, -0.2) is 34.7 Å². The predicted octanol–water partition coefficient (Wildman–Crippen LogP) is 2.27. The zero-order valence-electron chi connectivity index (χ0n) is 11.1. The van der Waals surface area contributed by atoms with Crippen molar-refractivity contribution in [2.45, 2.75) is 76.6 Å². The second-order valence-electron chi connectivity index (χ2n) is 6.35. The van der Waals surface area contributed by atoms with Crippen molar-refractivity contribution < 1.29 is 9.53 Å². The van der Waals surface area contributed by atoms with Crippen LogP contribution in [0.1, 0.15) is 52.9 Å². The maximum absolute atomic E-state index is 12.2. The highest BCUT2D eigenvalue weighted by atomic mass is 16.6. The third-order valence-electron chi connectivity index (χ3n) is 3.67. The Hall–Kier alpha value is -0.770. The van der Waals surface area contributed by atoms with Gasteiger partial charge in [-0.3, -0.25) is 0 Å². The van der Waals surface area contributed by atoms with Gasteiger partial charge in [0.15, 0.2) is 0 Å². The van der Waals surface area contributed by atoms with E-state index in [1.807, 2.05) is 25.7 Å². The summed E-state index contributed by atoms with van der Waals surface area (Å²) in [7, 11) is 0. The van der Waals surface area contributed by atoms with Crippen molar-refractivity contribution >= 4 is 6.09 Å². The molecule has 3 atom stereocenters. The van der Waals surface area contributed by atoms with Gasteiger partial charge in [-0.1, -0.05) is 0 Å². The SMILES string of the molecule is CC(C)(C)OC(=O)N1C2CCC(N)CC1CC2. The van der Waals surface area contributed by atoms with E-state index in [1.54, 1.807) is 0 Å². The van der Waals surface area contributed by atoms with Gasteiger partial charge in [-0.05, 0) is 52.9 Å². The summed E-state index contributed by atoms with van der Waals surface area (Å²) in [6.07, 6.45) is 5.01. The molecule has 0 aromatic carbocycles. The molecular formula is C13H24N2O2. The Labute approximate surface area is 103 Å². The summed E-state index contributed by atoms with van der Waals surface area (Å²) >= 11 is 0. The van der Waals surface area contributed by atoms with Gasteiger partial charge in [0.1, 0.15) is 5.60 Å². The third kappa shape index (κ3) is 2.92. The number of rotatable bonds is 0. The zero-order valence-corrected chi connectivity index (χ0v) is 11.1. The van der Waals surface area contributed by atoms with E-state index in [9.17, 15) is 4.79 Å². The molecule has 2 aliphatic heterocycles. The van der Waals surface area contributed by atoms with Crippen LogP contribution in [0.2, 0.25) is 0 Å². The third-order valence-corrected chi connectivity index (χ3v) is 3.67. The van der Waals surface area contributed by atoms with Gasteiger partial charge in [0, 0.05) is 18.1 Å². The van der Waals surface area contributed by atoms with Crippen molar-refractivity contribution in [3.8, 4) is 0 Å². The first kappa shape index (κ1) is 12.7. The highest BCUT2D eigenvalue weighted by molar-refractivity contribution is 5.69. The fourth-order valence-electron chi connectivity index (χ4n) is 2.96. The maximum Gasteiger partial charge on any atom is 0.410 e. The van der Waals surface area contributed by atoms with Gasteiger partial charge in [-0.15, -0.1) is 0 Å². The second kappa shape index (κ2) is 4.48. The van der Waals surface area contributed by atoms with Gasteiger partial charge < -0.3 is 15.4 Å². The van der Waals surface area contributed by atoms with E-state index in [4.69, 9.17) is 10.5 Å². The lowest BCUT2D eigenvalue weighted by Crippen LogP contribution is -2.43. The largest absolute Gasteiger partial charge is 0.444 e. The van der Waals surface area contributed by atoms with Crippen LogP contribution < -0.4 is 5.73 Å². The first-order valence-corrected chi connectivity index (χ1v) is 6.64. The van der Waals surface area contributed by atoms with Gasteiger partial charge in [-0.25, -0.2) is 4.79 Å². The van der Waals surface area contributed by atoms with E-state index in [0.29, 0.717) is 12.1 Å². The smallest absolute Gasteiger partial charge is 0.410 e. The minimum atomic E-state index is -0.412. The summed E-state index contributed by atoms with van der Waals surface area (Å²) in [6.45, 7) is 5.74. The molecule has 2 saturated heterocycles. The molecule has 0 radical (unpaired) electrons. The first-order chi connectivity index (χ1) is 7.87. The van der Waals surface area contributed by atoms with Crippen LogP contribution in [0.25, 0.3) is 0 Å². The lowest BCUT2D eigenvalue weighted by atomic mass is 9.98. The molecule has 2 heterocycles. The standard InChI is InChI=1S/C13H24N2O2/c1-13(2,3)17-12(16)15-10-5-4-9(14)8-11(15)7-6-10/h9-11H,4-8,14H2,1-3H3. The van der Waals surface area contributed by atoms with Crippen molar-refractivity contribution in [2.75, 3.05) is 0 Å². The van der Waals surface area contributed by atoms with Crippen LogP contribution >= 0.6 is 0 Å². The molecule has 2 N–H and O–H groups in total. The van der Waals surface area contributed by atoms with E-state index in [1.165, 1.54) is 0 Å². The molecule has 0 aliphatic carbocycles. The number of hydrogen-bond donors (Lipinski definition) is 1. The monoisotopic (exact) mass is 240 g/mol. The molecule has 0 saturated carbocycles. The predicted molar refractivity (Wildman–Crippen MR) is 66.7 cm³/mol. The van der Waals surface area contributed by atoms with Crippen LogP contribution in [0, 0.1) is 0 Å². The summed E-state index contributed by atoms with van der Waals surface area (Å²) in [4.78, 5) is 14.2. The normalized spacial score (nSPS) is 33.4. The molecule has 0 spiro atoms. The number of amides is 1. The number of ether oxygens (including phenoxy) is 1.